The standard InChI is InChI=1S/C13H10O2.BF4/c1-9-6-7-12-13(8-9)15-11-5-3-2-4-10(11)14-12;2-1(3,4)5/h2-8H,1H3;/q;-1/p+1. The highest BCUT2D eigenvalue weighted by molar-refractivity contribution is 6.50. The van der Waals surface area contributed by atoms with Gasteiger partial charge in [-0.25, -0.2) is 0 Å². The van der Waals surface area contributed by atoms with Gasteiger partial charge < -0.3 is 26.7 Å². The Morgan fingerprint density at radius 3 is 2.20 bits per heavy atom. The topological polar surface area (TPSA) is 22.0 Å². The fourth-order valence-corrected chi connectivity index (χ4v) is 1.69. The molecule has 0 amide bonds. The van der Waals surface area contributed by atoms with Gasteiger partial charge in [0.05, 0.1) is 0 Å². The highest BCUT2D eigenvalue weighted by Gasteiger charge is 2.23. The predicted molar refractivity (Wildman–Crippen MR) is 69.0 cm³/mol. The molecule has 2 aromatic rings. The molecule has 0 fully saturated rings. The zero-order valence-electron chi connectivity index (χ0n) is 10.5. The zero-order chi connectivity index (χ0) is 14.8. The summed E-state index contributed by atoms with van der Waals surface area (Å²) in [4.78, 5) is 0. The Morgan fingerprint density at radius 2 is 1.50 bits per heavy atom. The molecule has 20 heavy (non-hydrogen) atoms. The van der Waals surface area contributed by atoms with Crippen molar-refractivity contribution >= 4 is 7.25 Å². The molecule has 0 saturated carbocycles. The molecule has 1 aliphatic heterocycles. The van der Waals surface area contributed by atoms with Crippen LogP contribution in [0.25, 0.3) is 0 Å². The largest absolute Gasteiger partial charge is 0.673 e. The van der Waals surface area contributed by atoms with E-state index in [-0.39, 0.29) is 0 Å². The van der Waals surface area contributed by atoms with Crippen LogP contribution in [0, 0.1) is 6.92 Å². The van der Waals surface area contributed by atoms with Gasteiger partial charge in [-0.15, -0.1) is 0 Å². The SMILES string of the molecule is Cc1ccc2c(c1)[OH+]c1ccccc1O2.F[B-](F)(F)F. The monoisotopic (exact) mass is 286 g/mol. The number of ether oxygens (including phenoxy) is 2. The van der Waals surface area contributed by atoms with Crippen LogP contribution in [0.3, 0.4) is 0 Å². The summed E-state index contributed by atoms with van der Waals surface area (Å²) < 4.78 is 49.3. The maximum Gasteiger partial charge on any atom is 0.673 e. The van der Waals surface area contributed by atoms with Crippen molar-refractivity contribution in [3.63, 3.8) is 0 Å². The van der Waals surface area contributed by atoms with E-state index in [1.807, 2.05) is 42.5 Å². The van der Waals surface area contributed by atoms with Crippen LogP contribution < -0.4 is 4.74 Å². The second-order valence-electron chi connectivity index (χ2n) is 4.15. The van der Waals surface area contributed by atoms with Crippen LogP contribution in [0.15, 0.2) is 42.5 Å². The van der Waals surface area contributed by atoms with E-state index in [1.165, 1.54) is 5.56 Å². The lowest BCUT2D eigenvalue weighted by Crippen LogP contribution is -2.02. The fraction of sp³-hybridized carbons (Fsp3) is 0.0769. The summed E-state index contributed by atoms with van der Waals surface area (Å²) in [6.45, 7) is 2.05. The zero-order valence-corrected chi connectivity index (χ0v) is 10.5. The maximum atomic E-state index is 9.75. The molecule has 1 aliphatic rings. The van der Waals surface area contributed by atoms with Crippen molar-refractivity contribution < 1.29 is 26.7 Å². The predicted octanol–water partition coefficient (Wildman–Crippen LogP) is 5.06. The highest BCUT2D eigenvalue weighted by Crippen LogP contribution is 2.45. The number of hydrogen-bond acceptors (Lipinski definition) is 1. The van der Waals surface area contributed by atoms with Crippen LogP contribution in [-0.2, 0) is 0 Å². The number of halogens is 4. The molecular weight excluding hydrogens is 275 g/mol. The van der Waals surface area contributed by atoms with Crippen molar-refractivity contribution in [2.24, 2.45) is 0 Å². The number of fused-ring (bicyclic) bond motifs is 2. The van der Waals surface area contributed by atoms with E-state index in [9.17, 15) is 17.3 Å². The van der Waals surface area contributed by atoms with Crippen LogP contribution in [0.1, 0.15) is 5.56 Å². The lowest BCUT2D eigenvalue weighted by Gasteiger charge is -2.16. The molecule has 106 valence electrons. The molecular formula is C13H11BF4O2. The Balaban J connectivity index is 0.000000257. The van der Waals surface area contributed by atoms with Gasteiger partial charge in [0.1, 0.15) is 0 Å². The molecule has 2 aromatic carbocycles. The molecule has 7 heteroatoms. The van der Waals surface area contributed by atoms with E-state index in [2.05, 4.69) is 11.7 Å². The van der Waals surface area contributed by atoms with Crippen LogP contribution in [0.4, 0.5) is 17.3 Å². The van der Waals surface area contributed by atoms with Gasteiger partial charge in [-0.1, -0.05) is 18.2 Å². The van der Waals surface area contributed by atoms with Gasteiger partial charge >= 0.3 is 18.8 Å². The molecule has 0 saturated heterocycles. The molecule has 2 nitrogen and oxygen atoms in total. The second kappa shape index (κ2) is 5.44. The van der Waals surface area contributed by atoms with Crippen LogP contribution >= 0.6 is 0 Å². The number of para-hydroxylation sites is 2. The van der Waals surface area contributed by atoms with E-state index < -0.39 is 7.25 Å². The third kappa shape index (κ3) is 3.91. The maximum absolute atomic E-state index is 9.75. The van der Waals surface area contributed by atoms with Gasteiger partial charge in [-0.2, -0.15) is 0 Å². The number of aromatic hydroxyl groups is 2. The molecule has 0 aliphatic carbocycles. The van der Waals surface area contributed by atoms with Crippen molar-refractivity contribution in [2.75, 3.05) is 0 Å². The van der Waals surface area contributed by atoms with Crippen LogP contribution in [0.2, 0.25) is 0 Å². The van der Waals surface area contributed by atoms with Crippen LogP contribution in [0.5, 0.6) is 23.0 Å². The number of benzene rings is 2. The van der Waals surface area contributed by atoms with Gasteiger partial charge in [0, 0.05) is 12.1 Å². The van der Waals surface area contributed by atoms with Gasteiger partial charge in [0.25, 0.3) is 0 Å². The molecule has 1 N–H and O–H groups in total. The number of hydrogen-bond donors (Lipinski definition) is 0. The van der Waals surface area contributed by atoms with E-state index in [1.54, 1.807) is 0 Å². The van der Waals surface area contributed by atoms with Crippen LogP contribution in [-0.4, -0.2) is 12.0 Å². The van der Waals surface area contributed by atoms with E-state index in [0.29, 0.717) is 0 Å². The fourth-order valence-electron chi connectivity index (χ4n) is 1.69. The summed E-state index contributed by atoms with van der Waals surface area (Å²) >= 11 is 0. The Hall–Kier alpha value is -2.18. The molecule has 0 radical (unpaired) electrons. The Bertz CT molecular complexity index is 608. The van der Waals surface area contributed by atoms with Gasteiger partial charge in [-0.3, -0.25) is 0 Å². The summed E-state index contributed by atoms with van der Waals surface area (Å²) in [6.07, 6.45) is 0. The van der Waals surface area contributed by atoms with Crippen molar-refractivity contribution in [3.8, 4) is 23.0 Å². The number of aryl methyl sites for hydroxylation is 1. The van der Waals surface area contributed by atoms with Crippen molar-refractivity contribution in [3.05, 3.63) is 48.0 Å². The van der Waals surface area contributed by atoms with Crippen molar-refractivity contribution in [1.29, 1.82) is 0 Å². The normalized spacial score (nSPS) is 12.1. The average molecular weight is 286 g/mol. The first kappa shape index (κ1) is 14.2. The Labute approximate surface area is 113 Å². The molecule has 0 atom stereocenters. The van der Waals surface area contributed by atoms with E-state index >= 15 is 0 Å². The third-order valence-electron chi connectivity index (χ3n) is 2.44. The first-order valence-electron chi connectivity index (χ1n) is 5.79. The highest BCUT2D eigenvalue weighted by atomic mass is 19.5. The average Bonchev–Trinajstić information content (AvgIpc) is 2.34. The number of rotatable bonds is 0. The van der Waals surface area contributed by atoms with Gasteiger partial charge in [0.15, 0.2) is 0 Å². The minimum Gasteiger partial charge on any atom is -0.541 e. The minimum absolute atomic E-state index is 0.828. The molecule has 0 bridgehead atoms. The summed E-state index contributed by atoms with van der Waals surface area (Å²) in [5.74, 6) is 3.47. The first-order valence-corrected chi connectivity index (χ1v) is 5.79. The molecule has 1 heterocycles. The molecule has 0 aromatic heterocycles. The summed E-state index contributed by atoms with van der Waals surface area (Å²) in [5, 5.41) is 0. The lowest BCUT2D eigenvalue weighted by molar-refractivity contribution is 0.162. The Kier molecular flexibility index (Phi) is 3.87. The molecule has 3 rings (SSSR count). The van der Waals surface area contributed by atoms with Crippen molar-refractivity contribution in [2.45, 2.75) is 6.92 Å². The lowest BCUT2D eigenvalue weighted by atomic mass is 10.2. The molecule has 0 spiro atoms. The summed E-state index contributed by atoms with van der Waals surface area (Å²) in [5.41, 5.74) is 1.19. The summed E-state index contributed by atoms with van der Waals surface area (Å²) in [7, 11) is -6.00. The smallest absolute Gasteiger partial charge is 0.541 e. The quantitative estimate of drug-likeness (QED) is 0.322. The third-order valence-corrected chi connectivity index (χ3v) is 2.44. The minimum atomic E-state index is -6.00. The Morgan fingerprint density at radius 1 is 0.900 bits per heavy atom. The van der Waals surface area contributed by atoms with E-state index in [4.69, 9.17) is 4.74 Å². The summed E-state index contributed by atoms with van der Waals surface area (Å²) in [6, 6.07) is 13.8. The molecule has 0 unspecified atom stereocenters. The van der Waals surface area contributed by atoms with Gasteiger partial charge in [0.2, 0.25) is 11.5 Å². The van der Waals surface area contributed by atoms with Crippen molar-refractivity contribution in [1.82, 2.24) is 0 Å². The van der Waals surface area contributed by atoms with Gasteiger partial charge in [-0.05, 0) is 24.6 Å². The first-order chi connectivity index (χ1) is 9.33. The van der Waals surface area contributed by atoms with E-state index in [0.717, 1.165) is 23.0 Å². The second-order valence-corrected chi connectivity index (χ2v) is 4.15.